The number of sulfonamides is 1. The number of aryl methyl sites for hydroxylation is 1. The molecular formula is C15H25N3O2S. The molecule has 1 aliphatic rings. The smallest absolute Gasteiger partial charge is 0.241 e. The maximum atomic E-state index is 12.5. The molecule has 1 unspecified atom stereocenters. The van der Waals surface area contributed by atoms with Crippen LogP contribution in [0.3, 0.4) is 0 Å². The summed E-state index contributed by atoms with van der Waals surface area (Å²) >= 11 is 0. The highest BCUT2D eigenvalue weighted by atomic mass is 32.2. The highest BCUT2D eigenvalue weighted by Gasteiger charge is 2.22. The molecule has 1 heterocycles. The normalized spacial score (nSPS) is 18.0. The van der Waals surface area contributed by atoms with Crippen LogP contribution in [0.5, 0.6) is 0 Å². The van der Waals surface area contributed by atoms with Crippen molar-refractivity contribution < 1.29 is 8.42 Å². The van der Waals surface area contributed by atoms with Crippen molar-refractivity contribution in [3.63, 3.8) is 0 Å². The third-order valence-electron chi connectivity index (χ3n) is 3.85. The topological polar surface area (TPSA) is 75.4 Å². The molecule has 0 bridgehead atoms. The van der Waals surface area contributed by atoms with Crippen molar-refractivity contribution in [2.45, 2.75) is 44.2 Å². The van der Waals surface area contributed by atoms with Gasteiger partial charge in [-0.05, 0) is 57.0 Å². The van der Waals surface area contributed by atoms with Gasteiger partial charge in [-0.1, -0.05) is 12.1 Å². The Hall–Kier alpha value is -0.950. The molecule has 1 saturated heterocycles. The molecule has 0 spiro atoms. The van der Waals surface area contributed by atoms with E-state index in [1.165, 1.54) is 12.8 Å². The number of hydrogen-bond donors (Lipinski definition) is 2. The second kappa shape index (κ2) is 6.87. The first kappa shape index (κ1) is 16.4. The molecule has 1 atom stereocenters. The Labute approximate surface area is 127 Å². The zero-order valence-corrected chi connectivity index (χ0v) is 13.6. The van der Waals surface area contributed by atoms with Crippen molar-refractivity contribution >= 4 is 10.0 Å². The van der Waals surface area contributed by atoms with E-state index in [4.69, 9.17) is 5.73 Å². The Balaban J connectivity index is 2.06. The highest BCUT2D eigenvalue weighted by molar-refractivity contribution is 7.89. The Morgan fingerprint density at radius 1 is 1.33 bits per heavy atom. The van der Waals surface area contributed by atoms with Gasteiger partial charge in [0.05, 0.1) is 4.90 Å². The maximum Gasteiger partial charge on any atom is 0.241 e. The molecule has 0 aliphatic carbocycles. The van der Waals surface area contributed by atoms with Crippen molar-refractivity contribution in [3.8, 4) is 0 Å². The van der Waals surface area contributed by atoms with Crippen LogP contribution in [0.4, 0.5) is 0 Å². The Kier molecular flexibility index (Phi) is 5.37. The van der Waals surface area contributed by atoms with Gasteiger partial charge in [0.1, 0.15) is 0 Å². The lowest BCUT2D eigenvalue weighted by Gasteiger charge is -2.21. The molecule has 1 aromatic rings. The van der Waals surface area contributed by atoms with Crippen molar-refractivity contribution in [1.82, 2.24) is 9.62 Å². The second-order valence-corrected chi connectivity index (χ2v) is 7.52. The Morgan fingerprint density at radius 2 is 2.00 bits per heavy atom. The maximum absolute atomic E-state index is 12.5. The summed E-state index contributed by atoms with van der Waals surface area (Å²) in [6.45, 7) is 7.03. The molecule has 0 saturated carbocycles. The average Bonchev–Trinajstić information content (AvgIpc) is 2.90. The molecule has 6 heteroatoms. The van der Waals surface area contributed by atoms with Gasteiger partial charge < -0.3 is 10.6 Å². The third kappa shape index (κ3) is 4.26. The van der Waals surface area contributed by atoms with Crippen LogP contribution in [0, 0.1) is 6.92 Å². The number of likely N-dealkylation sites (tertiary alicyclic amines) is 1. The van der Waals surface area contributed by atoms with Crippen molar-refractivity contribution in [2.75, 3.05) is 19.6 Å². The largest absolute Gasteiger partial charge is 0.326 e. The zero-order valence-electron chi connectivity index (χ0n) is 12.8. The van der Waals surface area contributed by atoms with Crippen LogP contribution >= 0.6 is 0 Å². The summed E-state index contributed by atoms with van der Waals surface area (Å²) in [7, 11) is -3.47. The molecule has 0 amide bonds. The van der Waals surface area contributed by atoms with E-state index in [0.29, 0.717) is 11.4 Å². The summed E-state index contributed by atoms with van der Waals surface area (Å²) in [4.78, 5) is 2.64. The molecule has 5 nitrogen and oxygen atoms in total. The number of hydrogen-bond acceptors (Lipinski definition) is 4. The van der Waals surface area contributed by atoms with Crippen LogP contribution in [-0.4, -0.2) is 39.0 Å². The molecule has 0 radical (unpaired) electrons. The van der Waals surface area contributed by atoms with E-state index in [0.717, 1.165) is 30.8 Å². The minimum atomic E-state index is -3.47. The fourth-order valence-corrected chi connectivity index (χ4v) is 4.32. The summed E-state index contributed by atoms with van der Waals surface area (Å²) in [5.41, 5.74) is 7.26. The number of nitrogens with two attached hydrogens (primary N) is 1. The van der Waals surface area contributed by atoms with Crippen molar-refractivity contribution in [2.24, 2.45) is 5.73 Å². The van der Waals surface area contributed by atoms with E-state index in [-0.39, 0.29) is 6.04 Å². The standard InChI is InChI=1S/C15H25N3O2S/c1-12-9-14(10-16)5-6-15(12)21(19,20)17-13(2)11-18-7-3-4-8-18/h5-6,9,13,17H,3-4,7-8,10-11,16H2,1-2H3. The lowest BCUT2D eigenvalue weighted by molar-refractivity contribution is 0.312. The van der Waals surface area contributed by atoms with Gasteiger partial charge in [0.15, 0.2) is 0 Å². The predicted molar refractivity (Wildman–Crippen MR) is 84.5 cm³/mol. The summed E-state index contributed by atoms with van der Waals surface area (Å²) in [6.07, 6.45) is 2.41. The van der Waals surface area contributed by atoms with Crippen LogP contribution in [0.25, 0.3) is 0 Å². The first-order valence-corrected chi connectivity index (χ1v) is 8.95. The third-order valence-corrected chi connectivity index (χ3v) is 5.60. The fourth-order valence-electron chi connectivity index (χ4n) is 2.86. The lowest BCUT2D eigenvalue weighted by atomic mass is 10.1. The molecule has 1 fully saturated rings. The van der Waals surface area contributed by atoms with E-state index in [9.17, 15) is 8.42 Å². The van der Waals surface area contributed by atoms with Gasteiger partial charge in [0.25, 0.3) is 0 Å². The molecule has 0 aromatic heterocycles. The van der Waals surface area contributed by atoms with E-state index in [1.807, 2.05) is 13.0 Å². The molecule has 1 aromatic carbocycles. The zero-order chi connectivity index (χ0) is 15.5. The van der Waals surface area contributed by atoms with E-state index < -0.39 is 10.0 Å². The molecule has 118 valence electrons. The van der Waals surface area contributed by atoms with E-state index in [2.05, 4.69) is 9.62 Å². The number of nitrogens with one attached hydrogen (secondary N) is 1. The molecule has 1 aliphatic heterocycles. The molecule has 3 N–H and O–H groups in total. The molecular weight excluding hydrogens is 286 g/mol. The van der Waals surface area contributed by atoms with Crippen LogP contribution in [-0.2, 0) is 16.6 Å². The number of rotatable bonds is 6. The van der Waals surface area contributed by atoms with Gasteiger partial charge in [0.2, 0.25) is 10.0 Å². The summed E-state index contributed by atoms with van der Waals surface area (Å²) in [5, 5.41) is 0. The minimum absolute atomic E-state index is 0.0957. The van der Waals surface area contributed by atoms with Gasteiger partial charge in [-0.15, -0.1) is 0 Å². The van der Waals surface area contributed by atoms with Crippen LogP contribution in [0.1, 0.15) is 30.9 Å². The van der Waals surface area contributed by atoms with Gasteiger partial charge in [-0.25, -0.2) is 13.1 Å². The van der Waals surface area contributed by atoms with Crippen molar-refractivity contribution in [3.05, 3.63) is 29.3 Å². The molecule has 2 rings (SSSR count). The first-order chi connectivity index (χ1) is 9.92. The monoisotopic (exact) mass is 311 g/mol. The first-order valence-electron chi connectivity index (χ1n) is 7.46. The van der Waals surface area contributed by atoms with Crippen molar-refractivity contribution in [1.29, 1.82) is 0 Å². The minimum Gasteiger partial charge on any atom is -0.326 e. The van der Waals surface area contributed by atoms with Gasteiger partial charge in [-0.2, -0.15) is 0 Å². The summed E-state index contributed by atoms with van der Waals surface area (Å²) in [5.74, 6) is 0. The van der Waals surface area contributed by atoms with Crippen LogP contribution in [0.2, 0.25) is 0 Å². The molecule has 21 heavy (non-hydrogen) atoms. The average molecular weight is 311 g/mol. The quantitative estimate of drug-likeness (QED) is 0.828. The SMILES string of the molecule is Cc1cc(CN)ccc1S(=O)(=O)NC(C)CN1CCCC1. The highest BCUT2D eigenvalue weighted by Crippen LogP contribution is 2.17. The summed E-state index contributed by atoms with van der Waals surface area (Å²) in [6, 6.07) is 5.15. The van der Waals surface area contributed by atoms with Crippen LogP contribution < -0.4 is 10.5 Å². The number of nitrogens with zero attached hydrogens (tertiary/aromatic N) is 1. The van der Waals surface area contributed by atoms with Gasteiger partial charge in [-0.3, -0.25) is 0 Å². The van der Waals surface area contributed by atoms with Gasteiger partial charge in [0, 0.05) is 19.1 Å². The summed E-state index contributed by atoms with van der Waals surface area (Å²) < 4.78 is 27.7. The second-order valence-electron chi connectivity index (χ2n) is 5.83. The van der Waals surface area contributed by atoms with Crippen LogP contribution in [0.15, 0.2) is 23.1 Å². The Bertz CT molecular complexity index is 581. The van der Waals surface area contributed by atoms with E-state index in [1.54, 1.807) is 19.1 Å². The van der Waals surface area contributed by atoms with E-state index >= 15 is 0 Å². The number of benzene rings is 1. The fraction of sp³-hybridized carbons (Fsp3) is 0.600. The lowest BCUT2D eigenvalue weighted by Crippen LogP contribution is -2.41. The van der Waals surface area contributed by atoms with Gasteiger partial charge >= 0.3 is 0 Å². The Morgan fingerprint density at radius 3 is 2.57 bits per heavy atom. The predicted octanol–water partition coefficient (Wildman–Crippen LogP) is 1.22.